The van der Waals surface area contributed by atoms with Gasteiger partial charge in [0, 0.05) is 37.9 Å². The highest BCUT2D eigenvalue weighted by Crippen LogP contribution is 2.57. The van der Waals surface area contributed by atoms with Gasteiger partial charge in [0.2, 0.25) is 0 Å². The van der Waals surface area contributed by atoms with Crippen molar-refractivity contribution < 1.29 is 9.53 Å². The van der Waals surface area contributed by atoms with Crippen molar-refractivity contribution in [3.63, 3.8) is 0 Å². The fraction of sp³-hybridized carbons (Fsp3) is 0.778. The lowest BCUT2D eigenvalue weighted by Gasteiger charge is -2.60. The van der Waals surface area contributed by atoms with Crippen LogP contribution in [0.25, 0.3) is 0 Å². The highest BCUT2D eigenvalue weighted by atomic mass is 16.5. The Morgan fingerprint density at radius 2 is 2.29 bits per heavy atom. The number of aromatic nitrogens is 2. The number of unbranched alkanes of at least 4 members (excludes halogenated alkanes) is 1. The number of carbonyl (C=O) groups is 1. The Morgan fingerprint density at radius 3 is 2.92 bits per heavy atom. The molecule has 2 aliphatic rings. The Labute approximate surface area is 144 Å². The zero-order valence-electron chi connectivity index (χ0n) is 14.9. The maximum Gasteiger partial charge on any atom is 0.315 e. The molecule has 1 spiro atoms. The lowest BCUT2D eigenvalue weighted by molar-refractivity contribution is -0.169. The molecule has 6 heteroatoms. The van der Waals surface area contributed by atoms with Gasteiger partial charge in [-0.1, -0.05) is 6.42 Å². The van der Waals surface area contributed by atoms with Crippen molar-refractivity contribution in [3.8, 4) is 0 Å². The largest absolute Gasteiger partial charge is 0.378 e. The minimum Gasteiger partial charge on any atom is -0.378 e. The van der Waals surface area contributed by atoms with Crippen molar-refractivity contribution in [2.75, 3.05) is 13.2 Å². The van der Waals surface area contributed by atoms with E-state index in [1.807, 2.05) is 31.0 Å². The Hall–Kier alpha value is -1.56. The van der Waals surface area contributed by atoms with Gasteiger partial charge in [-0.25, -0.2) is 4.79 Å². The summed E-state index contributed by atoms with van der Waals surface area (Å²) in [5, 5.41) is 10.3. The van der Waals surface area contributed by atoms with Crippen LogP contribution in [-0.2, 0) is 18.2 Å². The first-order valence-electron chi connectivity index (χ1n) is 9.27. The molecule has 2 saturated carbocycles. The molecule has 2 aliphatic carbocycles. The second kappa shape index (κ2) is 7.55. The molecular weight excluding hydrogens is 304 g/mol. The van der Waals surface area contributed by atoms with Gasteiger partial charge in [0.25, 0.3) is 0 Å². The molecule has 2 amide bonds. The summed E-state index contributed by atoms with van der Waals surface area (Å²) in [5.74, 6) is 0. The number of nitrogens with one attached hydrogen (secondary N) is 2. The number of aryl methyl sites for hydroxylation is 2. The van der Waals surface area contributed by atoms with E-state index in [1.165, 1.54) is 24.8 Å². The van der Waals surface area contributed by atoms with Crippen LogP contribution in [0.2, 0.25) is 0 Å². The number of urea groups is 1. The first-order valence-corrected chi connectivity index (χ1v) is 9.27. The predicted molar refractivity (Wildman–Crippen MR) is 92.8 cm³/mol. The van der Waals surface area contributed by atoms with Crippen LogP contribution in [0.4, 0.5) is 4.79 Å². The highest BCUT2D eigenvalue weighted by molar-refractivity contribution is 5.74. The summed E-state index contributed by atoms with van der Waals surface area (Å²) in [6, 6.07) is 0.265. The molecule has 1 aromatic heterocycles. The second-order valence-electron chi connectivity index (χ2n) is 7.20. The van der Waals surface area contributed by atoms with Gasteiger partial charge < -0.3 is 15.4 Å². The van der Waals surface area contributed by atoms with Gasteiger partial charge in [-0.3, -0.25) is 4.68 Å². The van der Waals surface area contributed by atoms with Gasteiger partial charge in [-0.2, -0.15) is 5.10 Å². The molecule has 0 aromatic carbocycles. The molecule has 1 aromatic rings. The summed E-state index contributed by atoms with van der Waals surface area (Å²) in [7, 11) is 1.93. The molecule has 0 radical (unpaired) electrons. The molecule has 134 valence electrons. The zero-order chi connectivity index (χ0) is 17.0. The Morgan fingerprint density at radius 1 is 1.46 bits per heavy atom. The molecule has 0 aliphatic heterocycles. The quantitative estimate of drug-likeness (QED) is 0.717. The lowest BCUT2D eigenvalue weighted by Crippen LogP contribution is -2.68. The van der Waals surface area contributed by atoms with Crippen molar-refractivity contribution in [1.82, 2.24) is 20.4 Å². The molecule has 1 heterocycles. The second-order valence-corrected chi connectivity index (χ2v) is 7.20. The van der Waals surface area contributed by atoms with Crippen molar-refractivity contribution in [3.05, 3.63) is 18.0 Å². The average Bonchev–Trinajstić information content (AvgIpc) is 2.89. The van der Waals surface area contributed by atoms with E-state index in [-0.39, 0.29) is 17.5 Å². The summed E-state index contributed by atoms with van der Waals surface area (Å²) in [6.07, 6.45) is 12.0. The third-order valence-corrected chi connectivity index (χ3v) is 5.68. The number of hydrogen-bond acceptors (Lipinski definition) is 3. The predicted octanol–water partition coefficient (Wildman–Crippen LogP) is 2.39. The molecule has 6 nitrogen and oxygen atoms in total. The van der Waals surface area contributed by atoms with Gasteiger partial charge in [0.1, 0.15) is 0 Å². The minimum absolute atomic E-state index is 0.0254. The van der Waals surface area contributed by atoms with Crippen molar-refractivity contribution in [1.29, 1.82) is 0 Å². The standard InChI is InChI=1S/C18H30N4O2/c1-3-24-16-11-15(18(16)8-6-9-18)21-17(23)19-10-5-4-7-14-12-20-22(2)13-14/h12-13,15-16H,3-11H2,1-2H3,(H2,19,21,23)/t15-,16+/m0/s1. The van der Waals surface area contributed by atoms with Gasteiger partial charge in [-0.05, 0) is 51.0 Å². The Kier molecular flexibility index (Phi) is 5.43. The number of nitrogens with zero attached hydrogens (tertiary/aromatic N) is 2. The number of carbonyl (C=O) groups excluding carboxylic acids is 1. The van der Waals surface area contributed by atoms with Gasteiger partial charge >= 0.3 is 6.03 Å². The van der Waals surface area contributed by atoms with Gasteiger partial charge in [0.15, 0.2) is 0 Å². The van der Waals surface area contributed by atoms with E-state index in [9.17, 15) is 4.79 Å². The van der Waals surface area contributed by atoms with Crippen LogP contribution in [0.1, 0.15) is 51.0 Å². The topological polar surface area (TPSA) is 68.2 Å². The van der Waals surface area contributed by atoms with Crippen molar-refractivity contribution in [2.45, 2.75) is 64.0 Å². The fourth-order valence-electron chi connectivity index (χ4n) is 4.11. The minimum atomic E-state index is -0.0254. The molecule has 0 saturated heterocycles. The zero-order valence-corrected chi connectivity index (χ0v) is 14.9. The van der Waals surface area contributed by atoms with Crippen LogP contribution in [0.5, 0.6) is 0 Å². The average molecular weight is 334 g/mol. The maximum atomic E-state index is 12.1. The molecule has 24 heavy (non-hydrogen) atoms. The van der Waals surface area contributed by atoms with Gasteiger partial charge in [-0.15, -0.1) is 0 Å². The number of amides is 2. The van der Waals surface area contributed by atoms with Crippen LogP contribution in [0.3, 0.4) is 0 Å². The Bertz CT molecular complexity index is 553. The maximum absolute atomic E-state index is 12.1. The van der Waals surface area contributed by atoms with E-state index < -0.39 is 0 Å². The SMILES string of the molecule is CCO[C@@H]1C[C@H](NC(=O)NCCCCc2cnn(C)c2)C12CCC2. The third-order valence-electron chi connectivity index (χ3n) is 5.68. The highest BCUT2D eigenvalue weighted by Gasteiger charge is 2.59. The molecule has 2 atom stereocenters. The van der Waals surface area contributed by atoms with E-state index >= 15 is 0 Å². The Balaban J connectivity index is 1.30. The molecule has 2 N–H and O–H groups in total. The number of rotatable bonds is 8. The van der Waals surface area contributed by atoms with E-state index in [0.29, 0.717) is 6.10 Å². The number of ether oxygens (including phenoxy) is 1. The van der Waals surface area contributed by atoms with E-state index in [2.05, 4.69) is 15.7 Å². The first kappa shape index (κ1) is 17.3. The van der Waals surface area contributed by atoms with Crippen LogP contribution in [0, 0.1) is 5.41 Å². The van der Waals surface area contributed by atoms with Crippen LogP contribution < -0.4 is 10.6 Å². The molecule has 2 fully saturated rings. The molecular formula is C18H30N4O2. The van der Waals surface area contributed by atoms with Crippen LogP contribution in [-0.4, -0.2) is 41.1 Å². The number of hydrogen-bond donors (Lipinski definition) is 2. The van der Waals surface area contributed by atoms with Crippen LogP contribution >= 0.6 is 0 Å². The molecule has 0 unspecified atom stereocenters. The van der Waals surface area contributed by atoms with Crippen molar-refractivity contribution >= 4 is 6.03 Å². The van der Waals surface area contributed by atoms with E-state index in [1.54, 1.807) is 0 Å². The monoisotopic (exact) mass is 334 g/mol. The normalized spacial score (nSPS) is 24.2. The summed E-state index contributed by atoms with van der Waals surface area (Å²) in [5.41, 5.74) is 1.48. The first-order chi connectivity index (χ1) is 11.6. The smallest absolute Gasteiger partial charge is 0.315 e. The summed E-state index contributed by atoms with van der Waals surface area (Å²) in [4.78, 5) is 12.1. The summed E-state index contributed by atoms with van der Waals surface area (Å²) in [6.45, 7) is 3.54. The van der Waals surface area contributed by atoms with Crippen LogP contribution in [0.15, 0.2) is 12.4 Å². The lowest BCUT2D eigenvalue weighted by atomic mass is 9.51. The molecule has 3 rings (SSSR count). The van der Waals surface area contributed by atoms with E-state index in [4.69, 9.17) is 4.74 Å². The third kappa shape index (κ3) is 3.58. The van der Waals surface area contributed by atoms with E-state index in [0.717, 1.165) is 38.8 Å². The van der Waals surface area contributed by atoms with Gasteiger partial charge in [0.05, 0.1) is 12.3 Å². The summed E-state index contributed by atoms with van der Waals surface area (Å²) >= 11 is 0. The van der Waals surface area contributed by atoms with Crippen molar-refractivity contribution in [2.24, 2.45) is 12.5 Å². The molecule has 0 bridgehead atoms. The summed E-state index contributed by atoms with van der Waals surface area (Å²) < 4.78 is 7.65. The fourth-order valence-corrected chi connectivity index (χ4v) is 4.11.